The van der Waals surface area contributed by atoms with E-state index < -0.39 is 0 Å². The zero-order chi connectivity index (χ0) is 28.7. The molecule has 0 saturated carbocycles. The standard InChI is InChI=1S/C39H26N2O2/c1-39(2)29-11-5-3-9-27(29)33-34(39)37-36(28-10-4-7-13-31(28)42-37)41-35(33)25-19-15-23(16-20-25)24-17-21-26(22-18-24)38-40-30-12-6-8-14-32(30)43-38/h3-22H,1-2H3. The topological polar surface area (TPSA) is 52.1 Å². The van der Waals surface area contributed by atoms with Gasteiger partial charge < -0.3 is 8.83 Å². The second-order valence-corrected chi connectivity index (χ2v) is 11.8. The largest absolute Gasteiger partial charge is 0.454 e. The zero-order valence-corrected chi connectivity index (χ0v) is 23.8. The summed E-state index contributed by atoms with van der Waals surface area (Å²) in [5.74, 6) is 0.633. The summed E-state index contributed by atoms with van der Waals surface area (Å²) in [7, 11) is 0. The SMILES string of the molecule is CC1(C)c2ccccc2-c2c(-c3ccc(-c4ccc(-c5nc6ccccc6o5)cc4)cc3)nc3c(oc4ccccc43)c21. The van der Waals surface area contributed by atoms with Crippen molar-refractivity contribution < 1.29 is 8.83 Å². The molecule has 0 unspecified atom stereocenters. The van der Waals surface area contributed by atoms with E-state index in [4.69, 9.17) is 13.8 Å². The Kier molecular flexibility index (Phi) is 4.92. The van der Waals surface area contributed by atoms with E-state index in [2.05, 4.69) is 104 Å². The van der Waals surface area contributed by atoms with Gasteiger partial charge in [-0.25, -0.2) is 9.97 Å². The van der Waals surface area contributed by atoms with Crippen molar-refractivity contribution in [3.05, 3.63) is 132 Å². The van der Waals surface area contributed by atoms with Crippen molar-refractivity contribution in [2.45, 2.75) is 19.3 Å². The second kappa shape index (κ2) is 8.76. The Morgan fingerprint density at radius 2 is 1.19 bits per heavy atom. The summed E-state index contributed by atoms with van der Waals surface area (Å²) in [6.07, 6.45) is 0. The summed E-state index contributed by atoms with van der Waals surface area (Å²) < 4.78 is 12.5. The first-order chi connectivity index (χ1) is 21.1. The van der Waals surface area contributed by atoms with E-state index in [1.165, 1.54) is 22.3 Å². The molecule has 0 aliphatic heterocycles. The van der Waals surface area contributed by atoms with Crippen LogP contribution in [0.3, 0.4) is 0 Å². The van der Waals surface area contributed by atoms with Gasteiger partial charge in [0.2, 0.25) is 5.89 Å². The van der Waals surface area contributed by atoms with Gasteiger partial charge in [0.05, 0.1) is 5.69 Å². The van der Waals surface area contributed by atoms with Crippen LogP contribution in [-0.4, -0.2) is 9.97 Å². The predicted octanol–water partition coefficient (Wildman–Crippen LogP) is 10.4. The van der Waals surface area contributed by atoms with E-state index in [9.17, 15) is 0 Å². The van der Waals surface area contributed by atoms with Crippen LogP contribution in [0.15, 0.2) is 130 Å². The molecule has 0 bridgehead atoms. The first kappa shape index (κ1) is 24.2. The van der Waals surface area contributed by atoms with E-state index in [1.807, 2.05) is 36.4 Å². The number of aromatic nitrogens is 2. The van der Waals surface area contributed by atoms with Gasteiger partial charge in [0.1, 0.15) is 16.6 Å². The van der Waals surface area contributed by atoms with Gasteiger partial charge in [-0.05, 0) is 58.7 Å². The molecule has 0 radical (unpaired) electrons. The second-order valence-electron chi connectivity index (χ2n) is 11.8. The number of rotatable bonds is 3. The van der Waals surface area contributed by atoms with Crippen molar-refractivity contribution in [2.24, 2.45) is 0 Å². The van der Waals surface area contributed by atoms with Crippen LogP contribution in [0.2, 0.25) is 0 Å². The monoisotopic (exact) mass is 554 g/mol. The molecule has 4 nitrogen and oxygen atoms in total. The molecule has 9 rings (SSSR count). The van der Waals surface area contributed by atoms with Gasteiger partial charge in [-0.3, -0.25) is 0 Å². The van der Waals surface area contributed by atoms with Crippen molar-refractivity contribution in [2.75, 3.05) is 0 Å². The molecule has 1 aliphatic carbocycles. The van der Waals surface area contributed by atoms with Crippen molar-refractivity contribution in [1.29, 1.82) is 0 Å². The number of nitrogens with zero attached hydrogens (tertiary/aromatic N) is 2. The highest BCUT2D eigenvalue weighted by Gasteiger charge is 2.40. The third-order valence-electron chi connectivity index (χ3n) is 8.92. The van der Waals surface area contributed by atoms with Crippen molar-refractivity contribution in [3.63, 3.8) is 0 Å². The van der Waals surface area contributed by atoms with Crippen LogP contribution in [0.25, 0.3) is 78.1 Å². The molecule has 0 N–H and O–H groups in total. The first-order valence-corrected chi connectivity index (χ1v) is 14.6. The summed E-state index contributed by atoms with van der Waals surface area (Å²) in [4.78, 5) is 9.97. The predicted molar refractivity (Wildman–Crippen MR) is 173 cm³/mol. The number of hydrogen-bond acceptors (Lipinski definition) is 4. The maximum absolute atomic E-state index is 6.51. The Hall–Kier alpha value is -5.48. The number of pyridine rings is 1. The summed E-state index contributed by atoms with van der Waals surface area (Å²) >= 11 is 0. The molecule has 4 heteroatoms. The zero-order valence-electron chi connectivity index (χ0n) is 23.8. The molecule has 0 fully saturated rings. The van der Waals surface area contributed by atoms with E-state index >= 15 is 0 Å². The highest BCUT2D eigenvalue weighted by molar-refractivity contribution is 6.09. The van der Waals surface area contributed by atoms with Gasteiger partial charge >= 0.3 is 0 Å². The lowest BCUT2D eigenvalue weighted by molar-refractivity contribution is 0.619. The maximum atomic E-state index is 6.51. The number of para-hydroxylation sites is 3. The van der Waals surface area contributed by atoms with E-state index in [-0.39, 0.29) is 5.41 Å². The third-order valence-corrected chi connectivity index (χ3v) is 8.92. The average Bonchev–Trinajstić information content (AvgIpc) is 3.72. The van der Waals surface area contributed by atoms with Gasteiger partial charge in [-0.1, -0.05) is 98.8 Å². The molecule has 8 aromatic rings. The van der Waals surface area contributed by atoms with Crippen molar-refractivity contribution in [1.82, 2.24) is 9.97 Å². The molecule has 3 heterocycles. The van der Waals surface area contributed by atoms with Crippen LogP contribution < -0.4 is 0 Å². The Balaban J connectivity index is 1.16. The Bertz CT molecular complexity index is 2320. The van der Waals surface area contributed by atoms with Gasteiger partial charge in [-0.15, -0.1) is 0 Å². The number of benzene rings is 5. The first-order valence-electron chi connectivity index (χ1n) is 14.6. The van der Waals surface area contributed by atoms with E-state index in [0.29, 0.717) is 5.89 Å². The quantitative estimate of drug-likeness (QED) is 0.218. The summed E-state index contributed by atoms with van der Waals surface area (Å²) in [5, 5.41) is 1.05. The highest BCUT2D eigenvalue weighted by atomic mass is 16.3. The lowest BCUT2D eigenvalue weighted by atomic mass is 9.82. The van der Waals surface area contributed by atoms with Crippen molar-refractivity contribution in [3.8, 4) is 45.0 Å². The van der Waals surface area contributed by atoms with E-state index in [1.54, 1.807) is 0 Å². The number of furan rings is 1. The smallest absolute Gasteiger partial charge is 0.227 e. The van der Waals surface area contributed by atoms with Gasteiger partial charge in [-0.2, -0.15) is 0 Å². The van der Waals surface area contributed by atoms with Crippen LogP contribution in [0.1, 0.15) is 25.0 Å². The summed E-state index contributed by atoms with van der Waals surface area (Å²) in [6.45, 7) is 4.59. The van der Waals surface area contributed by atoms with E-state index in [0.717, 1.165) is 61.1 Å². The Morgan fingerprint density at radius 3 is 1.95 bits per heavy atom. The van der Waals surface area contributed by atoms with Crippen molar-refractivity contribution >= 4 is 33.2 Å². The maximum Gasteiger partial charge on any atom is 0.227 e. The number of fused-ring (bicyclic) bond motifs is 8. The highest BCUT2D eigenvalue weighted by Crippen LogP contribution is 2.55. The molecule has 5 aromatic carbocycles. The minimum absolute atomic E-state index is 0.216. The molecule has 0 saturated heterocycles. The van der Waals surface area contributed by atoms with Crippen LogP contribution >= 0.6 is 0 Å². The lowest BCUT2D eigenvalue weighted by Crippen LogP contribution is -2.15. The molecular weight excluding hydrogens is 528 g/mol. The van der Waals surface area contributed by atoms with Crippen LogP contribution in [-0.2, 0) is 5.41 Å². The fraction of sp³-hybridized carbons (Fsp3) is 0.0769. The Labute approximate surface area is 248 Å². The van der Waals surface area contributed by atoms with Crippen LogP contribution in [0, 0.1) is 0 Å². The minimum atomic E-state index is -0.216. The Morgan fingerprint density at radius 1 is 0.558 bits per heavy atom. The molecule has 0 atom stereocenters. The summed E-state index contributed by atoms with van der Waals surface area (Å²) in [6, 6.07) is 41.9. The molecule has 0 spiro atoms. The normalized spacial score (nSPS) is 13.5. The molecular formula is C39H26N2O2. The molecule has 1 aliphatic rings. The lowest BCUT2D eigenvalue weighted by Gasteiger charge is -2.21. The fourth-order valence-corrected chi connectivity index (χ4v) is 6.78. The number of oxazole rings is 1. The van der Waals surface area contributed by atoms with Gasteiger partial charge in [0, 0.05) is 33.1 Å². The number of hydrogen-bond donors (Lipinski definition) is 0. The van der Waals surface area contributed by atoms with Crippen LogP contribution in [0.5, 0.6) is 0 Å². The summed E-state index contributed by atoms with van der Waals surface area (Å²) in [5.41, 5.74) is 14.3. The van der Waals surface area contributed by atoms with Gasteiger partial charge in [0.25, 0.3) is 0 Å². The minimum Gasteiger partial charge on any atom is -0.454 e. The average molecular weight is 555 g/mol. The van der Waals surface area contributed by atoms with Crippen LogP contribution in [0.4, 0.5) is 0 Å². The molecule has 3 aromatic heterocycles. The fourth-order valence-electron chi connectivity index (χ4n) is 6.78. The van der Waals surface area contributed by atoms with Gasteiger partial charge in [0.15, 0.2) is 11.2 Å². The molecule has 43 heavy (non-hydrogen) atoms. The third kappa shape index (κ3) is 3.50. The molecule has 0 amide bonds. The molecule has 204 valence electrons.